The van der Waals surface area contributed by atoms with E-state index >= 15 is 0 Å². The summed E-state index contributed by atoms with van der Waals surface area (Å²) in [6, 6.07) is 7.63. The fourth-order valence-corrected chi connectivity index (χ4v) is 2.89. The lowest BCUT2D eigenvalue weighted by molar-refractivity contribution is 0.0661. The third kappa shape index (κ3) is 2.42. The highest BCUT2D eigenvalue weighted by atomic mass is 16.4. The van der Waals surface area contributed by atoms with Gasteiger partial charge < -0.3 is 15.3 Å². The molecule has 2 aromatic rings. The lowest BCUT2D eigenvalue weighted by atomic mass is 10.0. The number of furan rings is 1. The molecule has 5 nitrogen and oxygen atoms in total. The number of aromatic carboxylic acids is 1. The molecule has 3 N–H and O–H groups in total. The molecule has 0 radical (unpaired) electrons. The molecule has 5 heteroatoms. The molecular formula is C15H18N2O3. The second-order valence-corrected chi connectivity index (χ2v) is 5.35. The number of hydrogen-bond acceptors (Lipinski definition) is 4. The van der Waals surface area contributed by atoms with Gasteiger partial charge in [0.25, 0.3) is 0 Å². The Morgan fingerprint density at radius 2 is 2.25 bits per heavy atom. The van der Waals surface area contributed by atoms with Crippen molar-refractivity contribution in [2.24, 2.45) is 5.73 Å². The van der Waals surface area contributed by atoms with Crippen LogP contribution < -0.4 is 5.73 Å². The van der Waals surface area contributed by atoms with E-state index in [0.717, 1.165) is 36.9 Å². The number of hydrogen-bond donors (Lipinski definition) is 2. The van der Waals surface area contributed by atoms with Gasteiger partial charge in [-0.1, -0.05) is 18.2 Å². The quantitative estimate of drug-likeness (QED) is 0.895. The molecule has 1 fully saturated rings. The molecule has 1 aromatic heterocycles. The average molecular weight is 274 g/mol. The van der Waals surface area contributed by atoms with Crippen molar-refractivity contribution in [2.75, 3.05) is 13.1 Å². The van der Waals surface area contributed by atoms with Gasteiger partial charge in [0.05, 0.1) is 0 Å². The van der Waals surface area contributed by atoms with Gasteiger partial charge in [0, 0.05) is 30.1 Å². The Kier molecular flexibility index (Phi) is 3.46. The average Bonchev–Trinajstić information content (AvgIpc) is 2.78. The molecule has 0 aliphatic carbocycles. The van der Waals surface area contributed by atoms with E-state index in [1.807, 2.05) is 18.2 Å². The number of carbonyl (C=O) groups is 1. The fraction of sp³-hybridized carbons (Fsp3) is 0.400. The minimum atomic E-state index is -1.02. The van der Waals surface area contributed by atoms with E-state index in [-0.39, 0.29) is 11.8 Å². The maximum Gasteiger partial charge on any atom is 0.372 e. The zero-order valence-corrected chi connectivity index (χ0v) is 11.2. The van der Waals surface area contributed by atoms with Gasteiger partial charge in [-0.05, 0) is 25.5 Å². The van der Waals surface area contributed by atoms with Gasteiger partial charge in [0.1, 0.15) is 5.58 Å². The minimum Gasteiger partial charge on any atom is -0.475 e. The van der Waals surface area contributed by atoms with E-state index in [1.165, 1.54) is 0 Å². The molecule has 0 spiro atoms. The number of fused-ring (bicyclic) bond motifs is 1. The predicted molar refractivity (Wildman–Crippen MR) is 75.7 cm³/mol. The van der Waals surface area contributed by atoms with Crippen molar-refractivity contribution in [1.82, 2.24) is 4.90 Å². The minimum absolute atomic E-state index is 0.0466. The molecule has 0 bridgehead atoms. The fourth-order valence-electron chi connectivity index (χ4n) is 2.89. The highest BCUT2D eigenvalue weighted by molar-refractivity contribution is 5.95. The van der Waals surface area contributed by atoms with Crippen LogP contribution in [0.3, 0.4) is 0 Å². The number of piperidine rings is 1. The number of carboxylic acid groups (broad SMARTS) is 1. The zero-order chi connectivity index (χ0) is 14.1. The summed E-state index contributed by atoms with van der Waals surface area (Å²) in [6.45, 7) is 2.33. The number of nitrogens with zero attached hydrogens (tertiary/aromatic N) is 1. The number of rotatable bonds is 3. The van der Waals surface area contributed by atoms with Crippen LogP contribution in [0.1, 0.15) is 29.0 Å². The molecule has 1 aliphatic heterocycles. The number of para-hydroxylation sites is 1. The lowest BCUT2D eigenvalue weighted by Crippen LogP contribution is -2.42. The maximum absolute atomic E-state index is 11.4. The van der Waals surface area contributed by atoms with Gasteiger partial charge in [0.15, 0.2) is 0 Å². The maximum atomic E-state index is 11.4. The van der Waals surface area contributed by atoms with Crippen molar-refractivity contribution in [2.45, 2.75) is 25.4 Å². The summed E-state index contributed by atoms with van der Waals surface area (Å²) < 4.78 is 5.47. The molecule has 0 amide bonds. The van der Waals surface area contributed by atoms with Crippen LogP contribution in [0.2, 0.25) is 0 Å². The SMILES string of the molecule is NC1CCCN(Cc2c(C(=O)O)oc3ccccc23)C1. The predicted octanol–water partition coefficient (Wildman–Crippen LogP) is 2.05. The Hall–Kier alpha value is -1.85. The van der Waals surface area contributed by atoms with Crippen LogP contribution in [-0.4, -0.2) is 35.1 Å². The van der Waals surface area contributed by atoms with Crippen LogP contribution in [0.15, 0.2) is 28.7 Å². The highest BCUT2D eigenvalue weighted by Crippen LogP contribution is 2.28. The first-order valence-electron chi connectivity index (χ1n) is 6.87. The second-order valence-electron chi connectivity index (χ2n) is 5.35. The summed E-state index contributed by atoms with van der Waals surface area (Å²) in [6.07, 6.45) is 2.09. The van der Waals surface area contributed by atoms with Gasteiger partial charge in [-0.3, -0.25) is 4.90 Å². The molecule has 3 rings (SSSR count). The van der Waals surface area contributed by atoms with Crippen LogP contribution in [-0.2, 0) is 6.54 Å². The molecule has 106 valence electrons. The van der Waals surface area contributed by atoms with Crippen LogP contribution >= 0.6 is 0 Å². The standard InChI is InChI=1S/C15H18N2O3/c16-10-4-3-7-17(8-10)9-12-11-5-1-2-6-13(11)20-14(12)15(18)19/h1-2,5-6,10H,3-4,7-9,16H2,(H,18,19). The number of carboxylic acids is 1. The van der Waals surface area contributed by atoms with Crippen molar-refractivity contribution in [3.05, 3.63) is 35.6 Å². The molecule has 1 unspecified atom stereocenters. The van der Waals surface area contributed by atoms with E-state index in [2.05, 4.69) is 4.90 Å². The van der Waals surface area contributed by atoms with Gasteiger partial charge in [-0.25, -0.2) is 4.79 Å². The molecule has 1 aromatic carbocycles. The van der Waals surface area contributed by atoms with E-state index in [4.69, 9.17) is 10.2 Å². The first-order valence-corrected chi connectivity index (χ1v) is 6.87. The Morgan fingerprint density at radius 3 is 3.00 bits per heavy atom. The Labute approximate surface area is 117 Å². The summed E-state index contributed by atoms with van der Waals surface area (Å²) in [5.41, 5.74) is 7.36. The van der Waals surface area contributed by atoms with Crippen LogP contribution in [0.25, 0.3) is 11.0 Å². The Balaban J connectivity index is 1.96. The lowest BCUT2D eigenvalue weighted by Gasteiger charge is -2.30. The number of likely N-dealkylation sites (tertiary alicyclic amines) is 1. The molecule has 2 heterocycles. The molecule has 1 atom stereocenters. The van der Waals surface area contributed by atoms with Crippen LogP contribution in [0.5, 0.6) is 0 Å². The molecule has 20 heavy (non-hydrogen) atoms. The van der Waals surface area contributed by atoms with Gasteiger partial charge in [-0.2, -0.15) is 0 Å². The monoisotopic (exact) mass is 274 g/mol. The largest absolute Gasteiger partial charge is 0.475 e. The topological polar surface area (TPSA) is 79.7 Å². The van der Waals surface area contributed by atoms with Crippen molar-refractivity contribution in [1.29, 1.82) is 0 Å². The zero-order valence-electron chi connectivity index (χ0n) is 11.2. The van der Waals surface area contributed by atoms with E-state index in [9.17, 15) is 9.90 Å². The molecule has 1 aliphatic rings. The van der Waals surface area contributed by atoms with E-state index in [1.54, 1.807) is 6.07 Å². The van der Waals surface area contributed by atoms with Crippen molar-refractivity contribution in [3.8, 4) is 0 Å². The molecule has 0 saturated carbocycles. The number of benzene rings is 1. The highest BCUT2D eigenvalue weighted by Gasteiger charge is 2.24. The first kappa shape index (κ1) is 13.1. The van der Waals surface area contributed by atoms with Crippen molar-refractivity contribution < 1.29 is 14.3 Å². The summed E-state index contributed by atoms with van der Waals surface area (Å²) in [4.78, 5) is 13.6. The number of nitrogens with two attached hydrogens (primary N) is 1. The Morgan fingerprint density at radius 1 is 1.45 bits per heavy atom. The summed E-state index contributed by atoms with van der Waals surface area (Å²) in [5, 5.41) is 10.2. The van der Waals surface area contributed by atoms with Crippen LogP contribution in [0, 0.1) is 0 Å². The Bertz CT molecular complexity index is 635. The first-order chi connectivity index (χ1) is 9.65. The smallest absolute Gasteiger partial charge is 0.372 e. The van der Waals surface area contributed by atoms with Gasteiger partial charge >= 0.3 is 5.97 Å². The van der Waals surface area contributed by atoms with Gasteiger partial charge in [0.2, 0.25) is 5.76 Å². The molecule has 1 saturated heterocycles. The van der Waals surface area contributed by atoms with Crippen molar-refractivity contribution >= 4 is 16.9 Å². The van der Waals surface area contributed by atoms with E-state index in [0.29, 0.717) is 12.1 Å². The van der Waals surface area contributed by atoms with Crippen molar-refractivity contribution in [3.63, 3.8) is 0 Å². The second kappa shape index (κ2) is 5.26. The summed E-state index contributed by atoms with van der Waals surface area (Å²) in [7, 11) is 0. The van der Waals surface area contributed by atoms with Gasteiger partial charge in [-0.15, -0.1) is 0 Å². The van der Waals surface area contributed by atoms with E-state index < -0.39 is 5.97 Å². The summed E-state index contributed by atoms with van der Waals surface area (Å²) >= 11 is 0. The third-order valence-electron chi connectivity index (χ3n) is 3.82. The normalized spacial score (nSPS) is 20.4. The summed E-state index contributed by atoms with van der Waals surface area (Å²) in [5.74, 6) is -0.970. The third-order valence-corrected chi connectivity index (χ3v) is 3.82. The molecular weight excluding hydrogens is 256 g/mol. The van der Waals surface area contributed by atoms with Crippen LogP contribution in [0.4, 0.5) is 0 Å².